The summed E-state index contributed by atoms with van der Waals surface area (Å²) in [6.07, 6.45) is 9.21. The van der Waals surface area contributed by atoms with Gasteiger partial charge in [0.2, 0.25) is 0 Å². The quantitative estimate of drug-likeness (QED) is 0.824. The largest absolute Gasteiger partial charge is 0.399 e. The van der Waals surface area contributed by atoms with Gasteiger partial charge >= 0.3 is 0 Å². The van der Waals surface area contributed by atoms with Crippen LogP contribution in [-0.2, 0) is 12.8 Å². The molecule has 3 rings (SSSR count). The molecule has 1 spiro atoms. The summed E-state index contributed by atoms with van der Waals surface area (Å²) >= 11 is 0. The Morgan fingerprint density at radius 1 is 1.21 bits per heavy atom. The molecule has 0 aromatic heterocycles. The Labute approximate surface area is 117 Å². The molecule has 19 heavy (non-hydrogen) atoms. The van der Waals surface area contributed by atoms with Crippen molar-refractivity contribution in [3.63, 3.8) is 0 Å². The second kappa shape index (κ2) is 5.16. The van der Waals surface area contributed by atoms with E-state index in [0.717, 1.165) is 5.69 Å². The molecule has 0 amide bonds. The number of fused-ring (bicyclic) bond motifs is 1. The minimum Gasteiger partial charge on any atom is -0.399 e. The monoisotopic (exact) mass is 258 g/mol. The first-order valence-electron chi connectivity index (χ1n) is 7.86. The SMILES string of the molecule is CCCN1CCCCC12CCc1ccc(N)cc1C2. The van der Waals surface area contributed by atoms with Crippen molar-refractivity contribution in [2.45, 2.75) is 57.4 Å². The van der Waals surface area contributed by atoms with Crippen LogP contribution in [0.15, 0.2) is 18.2 Å². The minimum absolute atomic E-state index is 0.440. The van der Waals surface area contributed by atoms with Gasteiger partial charge in [0.05, 0.1) is 0 Å². The zero-order valence-corrected chi connectivity index (χ0v) is 12.1. The maximum absolute atomic E-state index is 5.98. The van der Waals surface area contributed by atoms with Crippen LogP contribution in [0.3, 0.4) is 0 Å². The fourth-order valence-electron chi connectivity index (χ4n) is 4.12. The highest BCUT2D eigenvalue weighted by molar-refractivity contribution is 5.46. The number of nitrogens with zero attached hydrogens (tertiary/aromatic N) is 1. The summed E-state index contributed by atoms with van der Waals surface area (Å²) in [4.78, 5) is 2.78. The van der Waals surface area contributed by atoms with E-state index < -0.39 is 0 Å². The van der Waals surface area contributed by atoms with Crippen LogP contribution in [0.1, 0.15) is 50.2 Å². The maximum atomic E-state index is 5.98. The topological polar surface area (TPSA) is 29.3 Å². The molecular weight excluding hydrogens is 232 g/mol. The molecule has 1 aromatic rings. The van der Waals surface area contributed by atoms with Crippen molar-refractivity contribution in [1.82, 2.24) is 4.90 Å². The lowest BCUT2D eigenvalue weighted by Gasteiger charge is -2.50. The number of nitrogen functional groups attached to an aromatic ring is 1. The molecule has 0 bridgehead atoms. The summed E-state index contributed by atoms with van der Waals surface area (Å²) in [5.41, 5.74) is 10.4. The van der Waals surface area contributed by atoms with Gasteiger partial charge in [-0.1, -0.05) is 19.4 Å². The summed E-state index contributed by atoms with van der Waals surface area (Å²) in [6.45, 7) is 4.86. The zero-order chi connectivity index (χ0) is 13.3. The normalized spacial score (nSPS) is 27.4. The summed E-state index contributed by atoms with van der Waals surface area (Å²) < 4.78 is 0. The fourth-order valence-corrected chi connectivity index (χ4v) is 4.12. The highest BCUT2D eigenvalue weighted by Crippen LogP contribution is 2.40. The number of anilines is 1. The van der Waals surface area contributed by atoms with Crippen LogP contribution in [-0.4, -0.2) is 23.5 Å². The van der Waals surface area contributed by atoms with Gasteiger partial charge in [-0.05, 0) is 74.9 Å². The number of nitrogens with two attached hydrogens (primary N) is 1. The first-order chi connectivity index (χ1) is 9.23. The van der Waals surface area contributed by atoms with Gasteiger partial charge in [0.15, 0.2) is 0 Å². The number of aryl methyl sites for hydroxylation is 1. The van der Waals surface area contributed by atoms with Crippen molar-refractivity contribution < 1.29 is 0 Å². The molecule has 0 radical (unpaired) electrons. The molecule has 1 atom stereocenters. The third-order valence-electron chi connectivity index (χ3n) is 5.09. The molecule has 1 saturated heterocycles. The number of rotatable bonds is 2. The van der Waals surface area contributed by atoms with E-state index in [9.17, 15) is 0 Å². The number of piperidine rings is 1. The third-order valence-corrected chi connectivity index (χ3v) is 5.09. The van der Waals surface area contributed by atoms with Crippen LogP contribution in [0.5, 0.6) is 0 Å². The Kier molecular flexibility index (Phi) is 3.53. The zero-order valence-electron chi connectivity index (χ0n) is 12.1. The van der Waals surface area contributed by atoms with Crippen molar-refractivity contribution >= 4 is 5.69 Å². The van der Waals surface area contributed by atoms with E-state index in [4.69, 9.17) is 5.73 Å². The van der Waals surface area contributed by atoms with Crippen LogP contribution in [0.25, 0.3) is 0 Å². The van der Waals surface area contributed by atoms with E-state index in [1.54, 1.807) is 0 Å². The van der Waals surface area contributed by atoms with Crippen molar-refractivity contribution in [2.75, 3.05) is 18.8 Å². The summed E-state index contributed by atoms with van der Waals surface area (Å²) in [7, 11) is 0. The van der Waals surface area contributed by atoms with Gasteiger partial charge in [0.25, 0.3) is 0 Å². The Balaban J connectivity index is 1.89. The van der Waals surface area contributed by atoms with Crippen molar-refractivity contribution in [3.05, 3.63) is 29.3 Å². The lowest BCUT2D eigenvalue weighted by Crippen LogP contribution is -2.55. The second-order valence-electron chi connectivity index (χ2n) is 6.37. The van der Waals surface area contributed by atoms with Crippen LogP contribution in [0.4, 0.5) is 5.69 Å². The molecular formula is C17H26N2. The van der Waals surface area contributed by atoms with Gasteiger partial charge in [-0.2, -0.15) is 0 Å². The van der Waals surface area contributed by atoms with E-state index >= 15 is 0 Å². The van der Waals surface area contributed by atoms with Crippen molar-refractivity contribution in [3.8, 4) is 0 Å². The maximum Gasteiger partial charge on any atom is 0.0316 e. The molecule has 2 heteroatoms. The number of hydrogen-bond donors (Lipinski definition) is 1. The molecule has 104 valence electrons. The predicted molar refractivity (Wildman–Crippen MR) is 81.3 cm³/mol. The number of hydrogen-bond acceptors (Lipinski definition) is 2. The lowest BCUT2D eigenvalue weighted by atomic mass is 9.72. The Morgan fingerprint density at radius 3 is 2.95 bits per heavy atom. The van der Waals surface area contributed by atoms with E-state index in [1.807, 2.05) is 0 Å². The molecule has 1 unspecified atom stereocenters. The standard InChI is InChI=1S/C17H26N2/c1-2-10-19-11-4-3-8-17(19)9-7-14-5-6-16(18)12-15(14)13-17/h5-6,12H,2-4,7-11,13,18H2,1H3. The van der Waals surface area contributed by atoms with Gasteiger partial charge in [-0.25, -0.2) is 0 Å². The van der Waals surface area contributed by atoms with Crippen LogP contribution in [0.2, 0.25) is 0 Å². The highest BCUT2D eigenvalue weighted by Gasteiger charge is 2.40. The summed E-state index contributed by atoms with van der Waals surface area (Å²) in [6, 6.07) is 6.51. The molecule has 1 aliphatic carbocycles. The predicted octanol–water partition coefficient (Wildman–Crippen LogP) is 3.39. The Hall–Kier alpha value is -1.02. The van der Waals surface area contributed by atoms with Gasteiger partial charge in [0.1, 0.15) is 0 Å². The number of benzene rings is 1. The lowest BCUT2D eigenvalue weighted by molar-refractivity contribution is 0.0341. The summed E-state index contributed by atoms with van der Waals surface area (Å²) in [5.74, 6) is 0. The smallest absolute Gasteiger partial charge is 0.0316 e. The first-order valence-corrected chi connectivity index (χ1v) is 7.86. The van der Waals surface area contributed by atoms with Gasteiger partial charge in [-0.3, -0.25) is 4.90 Å². The molecule has 1 aromatic carbocycles. The molecule has 2 aliphatic rings. The Bertz CT molecular complexity index is 453. The van der Waals surface area contributed by atoms with E-state index in [1.165, 1.54) is 69.2 Å². The van der Waals surface area contributed by atoms with Crippen LogP contribution >= 0.6 is 0 Å². The molecule has 1 heterocycles. The van der Waals surface area contributed by atoms with Crippen LogP contribution < -0.4 is 5.73 Å². The van der Waals surface area contributed by atoms with Crippen molar-refractivity contribution in [2.24, 2.45) is 0 Å². The molecule has 1 aliphatic heterocycles. The van der Waals surface area contributed by atoms with E-state index in [2.05, 4.69) is 30.0 Å². The van der Waals surface area contributed by atoms with Gasteiger partial charge in [-0.15, -0.1) is 0 Å². The average molecular weight is 258 g/mol. The van der Waals surface area contributed by atoms with Crippen LogP contribution in [0, 0.1) is 0 Å². The summed E-state index contributed by atoms with van der Waals surface area (Å²) in [5, 5.41) is 0. The van der Waals surface area contributed by atoms with Gasteiger partial charge < -0.3 is 5.73 Å². The fraction of sp³-hybridized carbons (Fsp3) is 0.647. The minimum atomic E-state index is 0.440. The highest BCUT2D eigenvalue weighted by atomic mass is 15.2. The molecule has 1 fully saturated rings. The Morgan fingerprint density at radius 2 is 2.11 bits per heavy atom. The molecule has 2 N–H and O–H groups in total. The molecule has 0 saturated carbocycles. The third kappa shape index (κ3) is 2.38. The van der Waals surface area contributed by atoms with E-state index in [0.29, 0.717) is 5.54 Å². The second-order valence-corrected chi connectivity index (χ2v) is 6.37. The van der Waals surface area contributed by atoms with Gasteiger partial charge in [0, 0.05) is 11.2 Å². The average Bonchev–Trinajstić information content (AvgIpc) is 2.41. The first kappa shape index (κ1) is 13.0. The van der Waals surface area contributed by atoms with E-state index in [-0.39, 0.29) is 0 Å². The molecule has 2 nitrogen and oxygen atoms in total. The number of likely N-dealkylation sites (tertiary alicyclic amines) is 1. The van der Waals surface area contributed by atoms with Crippen molar-refractivity contribution in [1.29, 1.82) is 0 Å².